The molecule has 1 rings (SSSR count). The minimum Gasteiger partial charge on any atom is -0.389 e. The van der Waals surface area contributed by atoms with Gasteiger partial charge in [0.15, 0.2) is 0 Å². The zero-order valence-electron chi connectivity index (χ0n) is 10.6. The van der Waals surface area contributed by atoms with Crippen LogP contribution >= 0.6 is 0 Å². The van der Waals surface area contributed by atoms with Gasteiger partial charge in [-0.05, 0) is 37.5 Å². The molecule has 1 heteroatoms. The summed E-state index contributed by atoms with van der Waals surface area (Å²) < 4.78 is 0. The number of hydrogen-bond donors (Lipinski definition) is 1. The van der Waals surface area contributed by atoms with Crippen molar-refractivity contribution in [3.8, 4) is 0 Å². The molecule has 0 fully saturated rings. The summed E-state index contributed by atoms with van der Waals surface area (Å²) in [7, 11) is 0. The summed E-state index contributed by atoms with van der Waals surface area (Å²) >= 11 is 0. The molecule has 1 N–H and O–H groups in total. The van der Waals surface area contributed by atoms with Crippen LogP contribution in [0.1, 0.15) is 41.0 Å². The van der Waals surface area contributed by atoms with Crippen LogP contribution in [0.3, 0.4) is 0 Å². The van der Waals surface area contributed by atoms with Crippen molar-refractivity contribution < 1.29 is 5.11 Å². The maximum Gasteiger partial charge on any atom is 0.0692 e. The average Bonchev–Trinajstić information content (AvgIpc) is 2.35. The second-order valence-electron chi connectivity index (χ2n) is 5.61. The molecule has 0 amide bonds. The van der Waals surface area contributed by atoms with Crippen LogP contribution in [-0.4, -0.2) is 11.2 Å². The molecule has 0 heterocycles. The van der Waals surface area contributed by atoms with Gasteiger partial charge >= 0.3 is 0 Å². The highest BCUT2D eigenvalue weighted by molar-refractivity contribution is 5.18. The number of rotatable bonds is 3. The van der Waals surface area contributed by atoms with Gasteiger partial charge in [-0.25, -0.2) is 0 Å². The van der Waals surface area contributed by atoms with Crippen LogP contribution < -0.4 is 0 Å². The highest BCUT2D eigenvalue weighted by atomic mass is 16.3. The molecule has 0 aromatic rings. The van der Waals surface area contributed by atoms with Gasteiger partial charge in [0.1, 0.15) is 0 Å². The number of aliphatic hydroxyl groups excluding tert-OH is 1. The Bertz CT molecular complexity index is 271. The predicted molar refractivity (Wildman–Crippen MR) is 65.6 cm³/mol. The van der Waals surface area contributed by atoms with E-state index >= 15 is 0 Å². The first kappa shape index (κ1) is 12.5. The molecule has 0 radical (unpaired) electrons. The van der Waals surface area contributed by atoms with Gasteiger partial charge in [-0.1, -0.05) is 44.6 Å². The Morgan fingerprint density at radius 2 is 2.00 bits per heavy atom. The molecule has 0 spiro atoms. The first-order valence-corrected chi connectivity index (χ1v) is 5.87. The third-order valence-electron chi connectivity index (χ3n) is 3.44. The molecule has 0 aliphatic heterocycles. The lowest BCUT2D eigenvalue weighted by Gasteiger charge is -2.30. The lowest BCUT2D eigenvalue weighted by molar-refractivity contribution is 0.234. The molecule has 0 bridgehead atoms. The van der Waals surface area contributed by atoms with Crippen molar-refractivity contribution in [3.63, 3.8) is 0 Å². The normalized spacial score (nSPS) is 29.2. The van der Waals surface area contributed by atoms with E-state index in [-0.39, 0.29) is 6.10 Å². The van der Waals surface area contributed by atoms with Crippen molar-refractivity contribution in [1.82, 2.24) is 0 Å². The Balaban J connectivity index is 2.67. The Morgan fingerprint density at radius 3 is 2.40 bits per heavy atom. The second-order valence-corrected chi connectivity index (χ2v) is 5.61. The smallest absolute Gasteiger partial charge is 0.0692 e. The van der Waals surface area contributed by atoms with Crippen molar-refractivity contribution in [2.75, 3.05) is 0 Å². The zero-order chi connectivity index (χ0) is 11.6. The lowest BCUT2D eigenvalue weighted by Crippen LogP contribution is -2.23. The van der Waals surface area contributed by atoms with Crippen molar-refractivity contribution in [2.24, 2.45) is 17.3 Å². The Kier molecular flexibility index (Phi) is 3.77. The molecule has 0 saturated heterocycles. The van der Waals surface area contributed by atoms with Gasteiger partial charge < -0.3 is 5.11 Å². The van der Waals surface area contributed by atoms with Gasteiger partial charge in [0, 0.05) is 0 Å². The molecule has 0 saturated carbocycles. The van der Waals surface area contributed by atoms with Crippen LogP contribution in [0.15, 0.2) is 23.8 Å². The summed E-state index contributed by atoms with van der Waals surface area (Å²) in [4.78, 5) is 0. The Labute approximate surface area is 93.9 Å². The van der Waals surface area contributed by atoms with E-state index in [4.69, 9.17) is 0 Å². The van der Waals surface area contributed by atoms with Crippen LogP contribution in [0.2, 0.25) is 0 Å². The van der Waals surface area contributed by atoms with Gasteiger partial charge in [0.25, 0.3) is 0 Å². The minimum atomic E-state index is -0.328. The van der Waals surface area contributed by atoms with Crippen LogP contribution in [0, 0.1) is 17.3 Å². The summed E-state index contributed by atoms with van der Waals surface area (Å²) in [6.07, 6.45) is 7.31. The third-order valence-corrected chi connectivity index (χ3v) is 3.44. The third kappa shape index (κ3) is 3.20. The molecule has 1 aliphatic carbocycles. The Morgan fingerprint density at radius 1 is 1.40 bits per heavy atom. The van der Waals surface area contributed by atoms with Crippen LogP contribution in [0.25, 0.3) is 0 Å². The van der Waals surface area contributed by atoms with E-state index in [2.05, 4.69) is 39.8 Å². The summed E-state index contributed by atoms with van der Waals surface area (Å²) in [5.74, 6) is 1.20. The van der Waals surface area contributed by atoms with Crippen molar-refractivity contribution in [1.29, 1.82) is 0 Å². The van der Waals surface area contributed by atoms with Crippen LogP contribution in [0.5, 0.6) is 0 Å². The fourth-order valence-corrected chi connectivity index (χ4v) is 2.74. The fraction of sp³-hybridized carbons (Fsp3) is 0.714. The molecule has 15 heavy (non-hydrogen) atoms. The Hall–Kier alpha value is -0.560. The van der Waals surface area contributed by atoms with Gasteiger partial charge in [-0.15, -0.1) is 0 Å². The number of hydrogen-bond acceptors (Lipinski definition) is 1. The number of allylic oxidation sites excluding steroid dienone is 3. The average molecular weight is 208 g/mol. The summed E-state index contributed by atoms with van der Waals surface area (Å²) in [6, 6.07) is 0. The fourth-order valence-electron chi connectivity index (χ4n) is 2.74. The molecule has 86 valence electrons. The first-order chi connectivity index (χ1) is 6.83. The van der Waals surface area contributed by atoms with Gasteiger partial charge in [-0.3, -0.25) is 0 Å². The molecule has 1 nitrogen and oxygen atoms in total. The maximum atomic E-state index is 9.23. The van der Waals surface area contributed by atoms with Crippen molar-refractivity contribution >= 4 is 0 Å². The molecule has 3 atom stereocenters. The topological polar surface area (TPSA) is 20.2 Å². The molecule has 0 aromatic heterocycles. The molecule has 0 aromatic carbocycles. The largest absolute Gasteiger partial charge is 0.389 e. The maximum absolute atomic E-state index is 9.23. The first-order valence-electron chi connectivity index (χ1n) is 5.87. The monoisotopic (exact) mass is 208 g/mol. The van der Waals surface area contributed by atoms with E-state index < -0.39 is 0 Å². The van der Waals surface area contributed by atoms with Gasteiger partial charge in [0.05, 0.1) is 6.10 Å². The standard InChI is InChI=1S/C14H24O/c1-10-8-13(14(4,5)9-10)11(2)6-7-12(3)15/h6-7,9,11-13,15H,8H2,1-5H3/b7-6+. The second kappa shape index (κ2) is 4.52. The van der Waals surface area contributed by atoms with E-state index in [1.165, 1.54) is 12.0 Å². The van der Waals surface area contributed by atoms with E-state index in [0.717, 1.165) is 0 Å². The highest BCUT2D eigenvalue weighted by Crippen LogP contribution is 2.45. The molecule has 1 aliphatic rings. The van der Waals surface area contributed by atoms with Gasteiger partial charge in [-0.2, -0.15) is 0 Å². The minimum absolute atomic E-state index is 0.298. The highest BCUT2D eigenvalue weighted by Gasteiger charge is 2.35. The van der Waals surface area contributed by atoms with E-state index in [1.54, 1.807) is 6.92 Å². The quantitative estimate of drug-likeness (QED) is 0.703. The zero-order valence-corrected chi connectivity index (χ0v) is 10.6. The van der Waals surface area contributed by atoms with E-state index in [0.29, 0.717) is 17.3 Å². The molecule has 3 unspecified atom stereocenters. The molecular weight excluding hydrogens is 184 g/mol. The summed E-state index contributed by atoms with van der Waals surface area (Å²) in [6.45, 7) is 10.9. The summed E-state index contributed by atoms with van der Waals surface area (Å²) in [5.41, 5.74) is 1.80. The van der Waals surface area contributed by atoms with Crippen LogP contribution in [0.4, 0.5) is 0 Å². The predicted octanol–water partition coefficient (Wildman–Crippen LogP) is 3.55. The molecular formula is C14H24O. The number of aliphatic hydroxyl groups is 1. The van der Waals surface area contributed by atoms with Gasteiger partial charge in [0.2, 0.25) is 0 Å². The van der Waals surface area contributed by atoms with Crippen LogP contribution in [-0.2, 0) is 0 Å². The van der Waals surface area contributed by atoms with E-state index in [1.807, 2.05) is 6.08 Å². The van der Waals surface area contributed by atoms with Crippen molar-refractivity contribution in [2.45, 2.75) is 47.1 Å². The SMILES string of the molecule is CC1=CC(C)(C)C(C(C)/C=C/C(C)O)C1. The van der Waals surface area contributed by atoms with E-state index in [9.17, 15) is 5.11 Å². The summed E-state index contributed by atoms with van der Waals surface area (Å²) in [5, 5.41) is 9.23. The lowest BCUT2D eigenvalue weighted by atomic mass is 9.74. The van der Waals surface area contributed by atoms with Crippen molar-refractivity contribution in [3.05, 3.63) is 23.8 Å².